The van der Waals surface area contributed by atoms with Crippen LogP contribution in [0.1, 0.15) is 37.0 Å². The third-order valence-electron chi connectivity index (χ3n) is 4.53. The van der Waals surface area contributed by atoms with Crippen molar-refractivity contribution >= 4 is 41.8 Å². The summed E-state index contributed by atoms with van der Waals surface area (Å²) in [5.74, 6) is 0.913. The van der Waals surface area contributed by atoms with Gasteiger partial charge in [0.2, 0.25) is 5.91 Å². The summed E-state index contributed by atoms with van der Waals surface area (Å²) in [5, 5.41) is 9.54. The number of amides is 2. The van der Waals surface area contributed by atoms with Crippen LogP contribution in [0, 0.1) is 5.92 Å². The second kappa shape index (κ2) is 12.6. The third kappa shape index (κ3) is 7.65. The van der Waals surface area contributed by atoms with Gasteiger partial charge in [0.25, 0.3) is 5.91 Å². The lowest BCUT2D eigenvalue weighted by atomic mass is 10.2. The molecule has 2 rings (SSSR count). The molecule has 1 aromatic rings. The molecule has 0 aliphatic carbocycles. The molecule has 7 nitrogen and oxygen atoms in total. The Morgan fingerprint density at radius 2 is 1.86 bits per heavy atom. The monoisotopic (exact) mass is 501 g/mol. The van der Waals surface area contributed by atoms with Gasteiger partial charge in [-0.05, 0) is 25.0 Å². The first-order valence-electron chi connectivity index (χ1n) is 9.60. The summed E-state index contributed by atoms with van der Waals surface area (Å²) in [6, 6.07) is 9.41. The minimum atomic E-state index is -0.0565. The number of likely N-dealkylation sites (tertiary alicyclic amines) is 1. The van der Waals surface area contributed by atoms with E-state index >= 15 is 0 Å². The third-order valence-corrected chi connectivity index (χ3v) is 4.53. The summed E-state index contributed by atoms with van der Waals surface area (Å²) >= 11 is 0. The summed E-state index contributed by atoms with van der Waals surface area (Å²) in [7, 11) is 1.73. The maximum atomic E-state index is 12.1. The van der Waals surface area contributed by atoms with Gasteiger partial charge in [-0.1, -0.05) is 32.0 Å². The van der Waals surface area contributed by atoms with Gasteiger partial charge in [-0.2, -0.15) is 0 Å². The zero-order valence-corrected chi connectivity index (χ0v) is 19.2. The number of nitrogens with one attached hydrogen (secondary N) is 3. The van der Waals surface area contributed by atoms with E-state index in [2.05, 4.69) is 20.9 Å². The maximum absolute atomic E-state index is 12.1. The van der Waals surface area contributed by atoms with Crippen LogP contribution in [0.4, 0.5) is 0 Å². The van der Waals surface area contributed by atoms with Crippen LogP contribution in [0.2, 0.25) is 0 Å². The predicted molar refractivity (Wildman–Crippen MR) is 123 cm³/mol. The van der Waals surface area contributed by atoms with Crippen molar-refractivity contribution in [2.75, 3.05) is 33.2 Å². The average molecular weight is 501 g/mol. The fourth-order valence-electron chi connectivity index (χ4n) is 3.02. The highest BCUT2D eigenvalue weighted by Gasteiger charge is 2.27. The van der Waals surface area contributed by atoms with Crippen molar-refractivity contribution in [2.24, 2.45) is 10.9 Å². The van der Waals surface area contributed by atoms with Gasteiger partial charge < -0.3 is 20.9 Å². The summed E-state index contributed by atoms with van der Waals surface area (Å²) in [6.45, 7) is 6.66. The number of carbonyl (C=O) groups excluding carboxylic acids is 2. The molecule has 0 bridgehead atoms. The molecule has 1 aliphatic heterocycles. The van der Waals surface area contributed by atoms with Crippen molar-refractivity contribution < 1.29 is 9.59 Å². The minimum Gasteiger partial charge on any atom is -0.356 e. The average Bonchev–Trinajstić information content (AvgIpc) is 3.15. The van der Waals surface area contributed by atoms with E-state index in [1.807, 2.05) is 36.9 Å². The van der Waals surface area contributed by atoms with Gasteiger partial charge >= 0.3 is 0 Å². The quantitative estimate of drug-likeness (QED) is 0.231. The van der Waals surface area contributed by atoms with Crippen LogP contribution >= 0.6 is 24.0 Å². The Bertz CT molecular complexity index is 651. The highest BCUT2D eigenvalue weighted by Crippen LogP contribution is 2.12. The van der Waals surface area contributed by atoms with Gasteiger partial charge in [0.15, 0.2) is 5.96 Å². The van der Waals surface area contributed by atoms with Crippen molar-refractivity contribution in [3.05, 3.63) is 35.9 Å². The highest BCUT2D eigenvalue weighted by atomic mass is 127. The lowest BCUT2D eigenvalue weighted by molar-refractivity contribution is -0.133. The Hall–Kier alpha value is -1.84. The van der Waals surface area contributed by atoms with Crippen LogP contribution in [-0.2, 0) is 4.79 Å². The molecular formula is C20H32IN5O2. The lowest BCUT2D eigenvalue weighted by Crippen LogP contribution is -2.45. The minimum absolute atomic E-state index is 0. The Balaban J connectivity index is 0.00000392. The van der Waals surface area contributed by atoms with Crippen molar-refractivity contribution in [1.82, 2.24) is 20.9 Å². The van der Waals surface area contributed by atoms with Crippen LogP contribution in [0.3, 0.4) is 0 Å². The molecule has 8 heteroatoms. The molecule has 0 aromatic heterocycles. The molecule has 0 saturated carbocycles. The molecule has 0 radical (unpaired) electrons. The molecule has 3 N–H and O–H groups in total. The molecule has 156 valence electrons. The maximum Gasteiger partial charge on any atom is 0.251 e. The first kappa shape index (κ1) is 24.2. The summed E-state index contributed by atoms with van der Waals surface area (Å²) in [4.78, 5) is 30.2. The molecule has 28 heavy (non-hydrogen) atoms. The van der Waals surface area contributed by atoms with Crippen molar-refractivity contribution in [3.8, 4) is 0 Å². The van der Waals surface area contributed by atoms with E-state index in [9.17, 15) is 9.59 Å². The number of guanidine groups is 1. The van der Waals surface area contributed by atoms with E-state index < -0.39 is 0 Å². The molecule has 1 fully saturated rings. The zero-order valence-electron chi connectivity index (χ0n) is 16.9. The summed E-state index contributed by atoms with van der Waals surface area (Å²) in [5.41, 5.74) is 0.671. The molecular weight excluding hydrogens is 469 g/mol. The number of benzene rings is 1. The van der Waals surface area contributed by atoms with Gasteiger partial charge in [0.1, 0.15) is 0 Å². The van der Waals surface area contributed by atoms with Crippen LogP contribution in [-0.4, -0.2) is 61.9 Å². The molecule has 1 aromatic carbocycles. The molecule has 1 saturated heterocycles. The van der Waals surface area contributed by atoms with Gasteiger partial charge in [-0.15, -0.1) is 24.0 Å². The number of aliphatic imine (C=N–C) groups is 1. The van der Waals surface area contributed by atoms with Crippen LogP contribution in [0.25, 0.3) is 0 Å². The van der Waals surface area contributed by atoms with E-state index in [0.29, 0.717) is 25.2 Å². The van der Waals surface area contributed by atoms with Crippen LogP contribution in [0.5, 0.6) is 0 Å². The normalized spacial score (nSPS) is 16.5. The highest BCUT2D eigenvalue weighted by molar-refractivity contribution is 14.0. The molecule has 2 amide bonds. The molecule has 0 spiro atoms. The Labute approximate surface area is 184 Å². The van der Waals surface area contributed by atoms with Crippen molar-refractivity contribution in [2.45, 2.75) is 32.7 Å². The molecule has 1 aliphatic rings. The van der Waals surface area contributed by atoms with Gasteiger partial charge in [-0.25, -0.2) is 0 Å². The van der Waals surface area contributed by atoms with Crippen LogP contribution < -0.4 is 16.0 Å². The standard InChI is InChI=1S/C20H31N5O2.HI/c1-15(2)19(27)25-13-10-17(14-25)24-20(21-3)23-12-7-11-22-18(26)16-8-5-4-6-9-16;/h4-6,8-9,15,17H,7,10-14H2,1-3H3,(H,22,26)(H2,21,23,24);1H. The topological polar surface area (TPSA) is 85.8 Å². The van der Waals surface area contributed by atoms with E-state index in [-0.39, 0.29) is 47.8 Å². The Morgan fingerprint density at radius 1 is 1.18 bits per heavy atom. The fraction of sp³-hybridized carbons (Fsp3) is 0.550. The number of hydrogen-bond acceptors (Lipinski definition) is 3. The van der Waals surface area contributed by atoms with E-state index in [1.165, 1.54) is 0 Å². The molecule has 1 unspecified atom stereocenters. The number of rotatable bonds is 7. The number of nitrogens with zero attached hydrogens (tertiary/aromatic N) is 2. The molecule has 1 heterocycles. The van der Waals surface area contributed by atoms with E-state index in [1.54, 1.807) is 19.2 Å². The van der Waals surface area contributed by atoms with E-state index in [4.69, 9.17) is 0 Å². The first-order valence-corrected chi connectivity index (χ1v) is 9.60. The predicted octanol–water partition coefficient (Wildman–Crippen LogP) is 1.85. The number of carbonyl (C=O) groups is 2. The Kier molecular flexibility index (Phi) is 10.9. The number of hydrogen-bond donors (Lipinski definition) is 3. The molecule has 1 atom stereocenters. The first-order chi connectivity index (χ1) is 13.0. The second-order valence-corrected chi connectivity index (χ2v) is 7.04. The summed E-state index contributed by atoms with van der Waals surface area (Å²) in [6.07, 6.45) is 1.72. The zero-order chi connectivity index (χ0) is 19.6. The van der Waals surface area contributed by atoms with Gasteiger partial charge in [0.05, 0.1) is 0 Å². The Morgan fingerprint density at radius 3 is 2.50 bits per heavy atom. The number of halogens is 1. The summed E-state index contributed by atoms with van der Waals surface area (Å²) < 4.78 is 0. The second-order valence-electron chi connectivity index (χ2n) is 7.04. The smallest absolute Gasteiger partial charge is 0.251 e. The van der Waals surface area contributed by atoms with Crippen LogP contribution in [0.15, 0.2) is 35.3 Å². The van der Waals surface area contributed by atoms with Gasteiger partial charge in [-0.3, -0.25) is 14.6 Å². The fourth-order valence-corrected chi connectivity index (χ4v) is 3.02. The lowest BCUT2D eigenvalue weighted by Gasteiger charge is -2.20. The van der Waals surface area contributed by atoms with Gasteiger partial charge in [0, 0.05) is 50.7 Å². The largest absolute Gasteiger partial charge is 0.356 e. The van der Waals surface area contributed by atoms with E-state index in [0.717, 1.165) is 25.3 Å². The van der Waals surface area contributed by atoms with Crippen molar-refractivity contribution in [3.63, 3.8) is 0 Å². The van der Waals surface area contributed by atoms with Crippen molar-refractivity contribution in [1.29, 1.82) is 0 Å². The SMILES string of the molecule is CN=C(NCCCNC(=O)c1ccccc1)NC1CCN(C(=O)C(C)C)C1.I.